The summed E-state index contributed by atoms with van der Waals surface area (Å²) >= 11 is 11.7. The van der Waals surface area contributed by atoms with Crippen LogP contribution >= 0.6 is 35.6 Å². The Kier molecular flexibility index (Phi) is 7.87. The number of hydrogen-bond acceptors (Lipinski definition) is 3. The SMILES string of the molecule is Cl.NCC(F)(F)CNC(=O)C1CCCN1C(=O)c1ccc(Cl)c(Cl)c1. The van der Waals surface area contributed by atoms with Crippen molar-refractivity contribution in [3.8, 4) is 0 Å². The van der Waals surface area contributed by atoms with E-state index in [1.165, 1.54) is 23.1 Å². The van der Waals surface area contributed by atoms with E-state index in [2.05, 4.69) is 5.32 Å². The molecule has 140 valence electrons. The molecule has 1 saturated heterocycles. The van der Waals surface area contributed by atoms with E-state index in [4.69, 9.17) is 28.9 Å². The van der Waals surface area contributed by atoms with Gasteiger partial charge >= 0.3 is 0 Å². The van der Waals surface area contributed by atoms with Gasteiger partial charge in [0.15, 0.2) is 0 Å². The van der Waals surface area contributed by atoms with E-state index in [0.717, 1.165) is 0 Å². The van der Waals surface area contributed by atoms with Crippen molar-refractivity contribution >= 4 is 47.4 Å². The molecule has 10 heteroatoms. The van der Waals surface area contributed by atoms with Crippen molar-refractivity contribution in [1.82, 2.24) is 10.2 Å². The Bertz CT molecular complexity index is 646. The summed E-state index contributed by atoms with van der Waals surface area (Å²) in [5.41, 5.74) is 5.22. The molecule has 1 unspecified atom stereocenters. The number of carbonyl (C=O) groups is 2. The smallest absolute Gasteiger partial charge is 0.277 e. The first-order valence-corrected chi connectivity index (χ1v) is 8.12. The predicted octanol–water partition coefficient (Wildman–Crippen LogP) is 2.73. The number of rotatable bonds is 5. The summed E-state index contributed by atoms with van der Waals surface area (Å²) in [7, 11) is 0. The summed E-state index contributed by atoms with van der Waals surface area (Å²) in [5.74, 6) is -4.18. The fraction of sp³-hybridized carbons (Fsp3) is 0.467. The van der Waals surface area contributed by atoms with Gasteiger partial charge in [-0.1, -0.05) is 23.2 Å². The lowest BCUT2D eigenvalue weighted by molar-refractivity contribution is -0.126. The predicted molar refractivity (Wildman–Crippen MR) is 94.8 cm³/mol. The lowest BCUT2D eigenvalue weighted by atomic mass is 10.1. The number of alkyl halides is 2. The molecule has 2 amide bonds. The molecule has 1 aliphatic rings. The highest BCUT2D eigenvalue weighted by molar-refractivity contribution is 6.42. The van der Waals surface area contributed by atoms with E-state index in [1.807, 2.05) is 0 Å². The Labute approximate surface area is 160 Å². The summed E-state index contributed by atoms with van der Waals surface area (Å²) in [4.78, 5) is 26.1. The van der Waals surface area contributed by atoms with Gasteiger partial charge in [0.1, 0.15) is 6.04 Å². The highest BCUT2D eigenvalue weighted by Gasteiger charge is 2.36. The minimum atomic E-state index is -3.17. The zero-order valence-corrected chi connectivity index (χ0v) is 15.4. The Morgan fingerprint density at radius 3 is 2.60 bits per heavy atom. The first-order chi connectivity index (χ1) is 11.2. The van der Waals surface area contributed by atoms with Crippen LogP contribution in [0.4, 0.5) is 8.78 Å². The van der Waals surface area contributed by atoms with Crippen LogP contribution in [0.5, 0.6) is 0 Å². The van der Waals surface area contributed by atoms with E-state index < -0.39 is 36.9 Å². The van der Waals surface area contributed by atoms with Crippen molar-refractivity contribution in [2.45, 2.75) is 24.8 Å². The average molecular weight is 417 g/mol. The maximum atomic E-state index is 13.2. The zero-order chi connectivity index (χ0) is 17.9. The number of halogens is 5. The average Bonchev–Trinajstić information content (AvgIpc) is 3.04. The van der Waals surface area contributed by atoms with Crippen LogP contribution in [-0.2, 0) is 4.79 Å². The van der Waals surface area contributed by atoms with Crippen molar-refractivity contribution in [2.24, 2.45) is 5.73 Å². The molecule has 0 bridgehead atoms. The molecule has 1 fully saturated rings. The van der Waals surface area contributed by atoms with Gasteiger partial charge in [0, 0.05) is 12.1 Å². The van der Waals surface area contributed by atoms with Crippen molar-refractivity contribution in [3.63, 3.8) is 0 Å². The summed E-state index contributed by atoms with van der Waals surface area (Å²) < 4.78 is 26.3. The van der Waals surface area contributed by atoms with Gasteiger partial charge in [-0.25, -0.2) is 8.78 Å². The molecule has 0 spiro atoms. The lowest BCUT2D eigenvalue weighted by Gasteiger charge is -2.25. The highest BCUT2D eigenvalue weighted by Crippen LogP contribution is 2.26. The van der Waals surface area contributed by atoms with Crippen molar-refractivity contribution in [2.75, 3.05) is 19.6 Å². The second-order valence-corrected chi connectivity index (χ2v) is 6.38. The van der Waals surface area contributed by atoms with Crippen molar-refractivity contribution < 1.29 is 18.4 Å². The molecule has 0 aliphatic carbocycles. The van der Waals surface area contributed by atoms with E-state index >= 15 is 0 Å². The Balaban J connectivity index is 0.00000312. The topological polar surface area (TPSA) is 75.4 Å². The molecule has 5 nitrogen and oxygen atoms in total. The Morgan fingerprint density at radius 1 is 1.32 bits per heavy atom. The molecule has 3 N–H and O–H groups in total. The second-order valence-electron chi connectivity index (χ2n) is 5.56. The molecule has 0 saturated carbocycles. The van der Waals surface area contributed by atoms with Gasteiger partial charge in [-0.3, -0.25) is 9.59 Å². The number of benzene rings is 1. The van der Waals surface area contributed by atoms with E-state index in [1.54, 1.807) is 0 Å². The fourth-order valence-electron chi connectivity index (χ4n) is 2.48. The monoisotopic (exact) mass is 415 g/mol. The lowest BCUT2D eigenvalue weighted by Crippen LogP contribution is -2.49. The van der Waals surface area contributed by atoms with Gasteiger partial charge in [-0.15, -0.1) is 12.4 Å². The Morgan fingerprint density at radius 2 is 2.00 bits per heavy atom. The van der Waals surface area contributed by atoms with Gasteiger partial charge in [-0.2, -0.15) is 0 Å². The van der Waals surface area contributed by atoms with Crippen LogP contribution in [0.1, 0.15) is 23.2 Å². The third-order valence-corrected chi connectivity index (χ3v) is 4.54. The van der Waals surface area contributed by atoms with Crippen LogP contribution in [0, 0.1) is 0 Å². The molecule has 2 rings (SSSR count). The number of nitrogens with one attached hydrogen (secondary N) is 1. The second kappa shape index (κ2) is 8.98. The first kappa shape index (κ1) is 21.9. The van der Waals surface area contributed by atoms with Crippen LogP contribution < -0.4 is 11.1 Å². The van der Waals surface area contributed by atoms with E-state index in [0.29, 0.717) is 24.4 Å². The largest absolute Gasteiger partial charge is 0.348 e. The molecule has 0 aromatic heterocycles. The van der Waals surface area contributed by atoms with Crippen LogP contribution in [0.25, 0.3) is 0 Å². The molecule has 1 aromatic carbocycles. The normalized spacial score (nSPS) is 17.2. The minimum Gasteiger partial charge on any atom is -0.348 e. The maximum Gasteiger partial charge on any atom is 0.277 e. The van der Waals surface area contributed by atoms with Crippen LogP contribution in [-0.4, -0.2) is 48.3 Å². The number of carbonyl (C=O) groups excluding carboxylic acids is 2. The number of amides is 2. The number of nitrogens with two attached hydrogens (primary N) is 1. The first-order valence-electron chi connectivity index (χ1n) is 7.37. The van der Waals surface area contributed by atoms with E-state index in [-0.39, 0.29) is 23.0 Å². The summed E-state index contributed by atoms with van der Waals surface area (Å²) in [6.07, 6.45) is 1.02. The van der Waals surface area contributed by atoms with Gasteiger partial charge in [-0.05, 0) is 31.0 Å². The van der Waals surface area contributed by atoms with Crippen LogP contribution in [0.2, 0.25) is 10.0 Å². The fourth-order valence-corrected chi connectivity index (χ4v) is 2.78. The van der Waals surface area contributed by atoms with Gasteiger partial charge < -0.3 is 16.0 Å². The molecule has 25 heavy (non-hydrogen) atoms. The third kappa shape index (κ3) is 5.41. The quantitative estimate of drug-likeness (QED) is 0.775. The van der Waals surface area contributed by atoms with Gasteiger partial charge in [0.2, 0.25) is 5.91 Å². The summed E-state index contributed by atoms with van der Waals surface area (Å²) in [5, 5.41) is 2.70. The summed E-state index contributed by atoms with van der Waals surface area (Å²) in [6.45, 7) is -1.35. The van der Waals surface area contributed by atoms with Crippen LogP contribution in [0.15, 0.2) is 18.2 Å². The third-order valence-electron chi connectivity index (χ3n) is 3.80. The van der Waals surface area contributed by atoms with E-state index in [9.17, 15) is 18.4 Å². The number of nitrogens with zero attached hydrogens (tertiary/aromatic N) is 1. The standard InChI is InChI=1S/C15H17Cl2F2N3O2.ClH/c16-10-4-3-9(6-11(10)17)14(24)22-5-1-2-12(22)13(23)21-8-15(18,19)7-20;/h3-4,6,12H,1-2,5,7-8,20H2,(H,21,23);1H. The molecule has 1 heterocycles. The highest BCUT2D eigenvalue weighted by atomic mass is 35.5. The number of hydrogen-bond donors (Lipinski definition) is 2. The van der Waals surface area contributed by atoms with Crippen molar-refractivity contribution in [3.05, 3.63) is 33.8 Å². The molecule has 1 aromatic rings. The molecular weight excluding hydrogens is 399 g/mol. The summed E-state index contributed by atoms with van der Waals surface area (Å²) in [6, 6.07) is 3.62. The number of likely N-dealkylation sites (tertiary alicyclic amines) is 1. The molecular formula is C15H18Cl3F2N3O2. The molecule has 0 radical (unpaired) electrons. The van der Waals surface area contributed by atoms with Gasteiger partial charge in [0.25, 0.3) is 11.8 Å². The zero-order valence-electron chi connectivity index (χ0n) is 13.1. The van der Waals surface area contributed by atoms with Crippen LogP contribution in [0.3, 0.4) is 0 Å². The minimum absolute atomic E-state index is 0. The van der Waals surface area contributed by atoms with Crippen molar-refractivity contribution in [1.29, 1.82) is 0 Å². The molecule has 1 aliphatic heterocycles. The maximum absolute atomic E-state index is 13.2. The molecule has 1 atom stereocenters. The van der Waals surface area contributed by atoms with Gasteiger partial charge in [0.05, 0.1) is 23.1 Å². The Hall–Kier alpha value is -1.15.